The first kappa shape index (κ1) is 18.3. The molecule has 1 aliphatic heterocycles. The third-order valence-electron chi connectivity index (χ3n) is 4.69. The van der Waals surface area contributed by atoms with Gasteiger partial charge in [-0.1, -0.05) is 32.9 Å². The van der Waals surface area contributed by atoms with Crippen molar-refractivity contribution >= 4 is 5.97 Å². The van der Waals surface area contributed by atoms with E-state index >= 15 is 0 Å². The van der Waals surface area contributed by atoms with Gasteiger partial charge >= 0.3 is 5.97 Å². The quantitative estimate of drug-likeness (QED) is 0.748. The van der Waals surface area contributed by atoms with E-state index < -0.39 is 0 Å². The second kappa shape index (κ2) is 7.02. The molecule has 4 heteroatoms. The van der Waals surface area contributed by atoms with Crippen LogP contribution in [0.5, 0.6) is 11.5 Å². The van der Waals surface area contributed by atoms with Crippen LogP contribution < -0.4 is 9.47 Å². The minimum atomic E-state index is -0.360. The summed E-state index contributed by atoms with van der Waals surface area (Å²) in [5.41, 5.74) is 5.19. The molecule has 138 valence electrons. The standard InChI is InChI=1S/C22H26O4/c1-14-10-17(22(3,4)5)11-15(2)18(14)13-26-21(23)16-6-7-19-20(12-16)25-9-8-24-19/h6-7,10-12H,8-9,13H2,1-5H3. The maximum atomic E-state index is 12.4. The van der Waals surface area contributed by atoms with E-state index in [9.17, 15) is 4.79 Å². The number of hydrogen-bond donors (Lipinski definition) is 0. The Morgan fingerprint density at radius 2 is 1.62 bits per heavy atom. The molecule has 0 aliphatic carbocycles. The van der Waals surface area contributed by atoms with Crippen molar-refractivity contribution in [1.29, 1.82) is 0 Å². The number of carbonyl (C=O) groups excluding carboxylic acids is 1. The van der Waals surface area contributed by atoms with Crippen molar-refractivity contribution in [3.8, 4) is 11.5 Å². The largest absolute Gasteiger partial charge is 0.486 e. The number of carbonyl (C=O) groups is 1. The molecular weight excluding hydrogens is 328 g/mol. The molecular formula is C22H26O4. The Hall–Kier alpha value is -2.49. The normalized spacial score (nSPS) is 13.4. The van der Waals surface area contributed by atoms with Crippen molar-refractivity contribution in [1.82, 2.24) is 0 Å². The maximum absolute atomic E-state index is 12.4. The van der Waals surface area contributed by atoms with E-state index in [0.717, 1.165) is 16.7 Å². The Labute approximate surface area is 155 Å². The minimum Gasteiger partial charge on any atom is -0.486 e. The predicted octanol–water partition coefficient (Wildman–Crippen LogP) is 4.73. The van der Waals surface area contributed by atoms with Gasteiger partial charge in [0.25, 0.3) is 0 Å². The molecule has 0 amide bonds. The van der Waals surface area contributed by atoms with Gasteiger partial charge in [0.15, 0.2) is 11.5 Å². The summed E-state index contributed by atoms with van der Waals surface area (Å²) in [6.45, 7) is 12.0. The number of aryl methyl sites for hydroxylation is 2. The molecule has 1 heterocycles. The molecule has 0 spiro atoms. The molecule has 26 heavy (non-hydrogen) atoms. The second-order valence-corrected chi connectivity index (χ2v) is 7.77. The zero-order valence-electron chi connectivity index (χ0n) is 16.1. The molecule has 4 nitrogen and oxygen atoms in total. The van der Waals surface area contributed by atoms with Crippen molar-refractivity contribution in [2.75, 3.05) is 13.2 Å². The summed E-state index contributed by atoms with van der Waals surface area (Å²) in [5.74, 6) is 0.894. The van der Waals surface area contributed by atoms with Crippen LogP contribution in [0, 0.1) is 13.8 Å². The van der Waals surface area contributed by atoms with Gasteiger partial charge in [0.2, 0.25) is 0 Å². The van der Waals surface area contributed by atoms with E-state index in [1.165, 1.54) is 5.56 Å². The van der Waals surface area contributed by atoms with Gasteiger partial charge in [-0.3, -0.25) is 0 Å². The smallest absolute Gasteiger partial charge is 0.338 e. The summed E-state index contributed by atoms with van der Waals surface area (Å²) in [6.07, 6.45) is 0. The fourth-order valence-electron chi connectivity index (χ4n) is 3.05. The number of benzene rings is 2. The molecule has 3 rings (SSSR count). The Kier molecular flexibility index (Phi) is 4.94. The summed E-state index contributed by atoms with van der Waals surface area (Å²) in [6, 6.07) is 9.50. The van der Waals surface area contributed by atoms with Gasteiger partial charge in [0.1, 0.15) is 19.8 Å². The second-order valence-electron chi connectivity index (χ2n) is 7.77. The van der Waals surface area contributed by atoms with Gasteiger partial charge in [0.05, 0.1) is 5.56 Å². The average molecular weight is 354 g/mol. The Morgan fingerprint density at radius 1 is 1.00 bits per heavy atom. The predicted molar refractivity (Wildman–Crippen MR) is 101 cm³/mol. The van der Waals surface area contributed by atoms with E-state index in [4.69, 9.17) is 14.2 Å². The lowest BCUT2D eigenvalue weighted by atomic mass is 9.84. The van der Waals surface area contributed by atoms with Crippen LogP contribution in [0.15, 0.2) is 30.3 Å². The first-order chi connectivity index (χ1) is 12.3. The van der Waals surface area contributed by atoms with Crippen LogP contribution in [0.4, 0.5) is 0 Å². The summed E-state index contributed by atoms with van der Waals surface area (Å²) in [7, 11) is 0. The van der Waals surface area contributed by atoms with Crippen LogP contribution >= 0.6 is 0 Å². The molecule has 0 aromatic heterocycles. The van der Waals surface area contributed by atoms with Crippen molar-refractivity contribution in [3.63, 3.8) is 0 Å². The maximum Gasteiger partial charge on any atom is 0.338 e. The third-order valence-corrected chi connectivity index (χ3v) is 4.69. The van der Waals surface area contributed by atoms with Crippen LogP contribution in [0.3, 0.4) is 0 Å². The number of hydrogen-bond acceptors (Lipinski definition) is 4. The van der Waals surface area contributed by atoms with Gasteiger partial charge in [-0.25, -0.2) is 4.79 Å². The lowest BCUT2D eigenvalue weighted by Gasteiger charge is -2.22. The van der Waals surface area contributed by atoms with Gasteiger partial charge < -0.3 is 14.2 Å². The van der Waals surface area contributed by atoms with Crippen LogP contribution in [0.2, 0.25) is 0 Å². The summed E-state index contributed by atoms with van der Waals surface area (Å²) < 4.78 is 16.6. The number of ether oxygens (including phenoxy) is 3. The zero-order valence-corrected chi connectivity index (χ0v) is 16.1. The van der Waals surface area contributed by atoms with E-state index in [0.29, 0.717) is 30.3 Å². The first-order valence-electron chi connectivity index (χ1n) is 8.93. The van der Waals surface area contributed by atoms with Gasteiger partial charge in [-0.2, -0.15) is 0 Å². The molecule has 0 unspecified atom stereocenters. The molecule has 1 aliphatic rings. The zero-order chi connectivity index (χ0) is 18.9. The molecule has 0 saturated heterocycles. The first-order valence-corrected chi connectivity index (χ1v) is 8.93. The van der Waals surface area contributed by atoms with Crippen molar-refractivity contribution in [2.24, 2.45) is 0 Å². The molecule has 2 aromatic carbocycles. The van der Waals surface area contributed by atoms with Crippen LogP contribution in [-0.2, 0) is 16.8 Å². The highest BCUT2D eigenvalue weighted by molar-refractivity contribution is 5.90. The van der Waals surface area contributed by atoms with Gasteiger partial charge in [-0.15, -0.1) is 0 Å². The molecule has 0 bridgehead atoms. The van der Waals surface area contributed by atoms with E-state index in [2.05, 4.69) is 46.8 Å². The molecule has 0 atom stereocenters. The van der Waals surface area contributed by atoms with Crippen LogP contribution in [0.1, 0.15) is 53.4 Å². The number of rotatable bonds is 3. The summed E-state index contributed by atoms with van der Waals surface area (Å²) in [4.78, 5) is 12.4. The number of fused-ring (bicyclic) bond motifs is 1. The summed E-state index contributed by atoms with van der Waals surface area (Å²) >= 11 is 0. The highest BCUT2D eigenvalue weighted by Crippen LogP contribution is 2.31. The Morgan fingerprint density at radius 3 is 2.23 bits per heavy atom. The van der Waals surface area contributed by atoms with Crippen molar-refractivity contribution < 1.29 is 19.0 Å². The van der Waals surface area contributed by atoms with Crippen LogP contribution in [0.25, 0.3) is 0 Å². The molecule has 0 saturated carbocycles. The fraction of sp³-hybridized carbons (Fsp3) is 0.409. The topological polar surface area (TPSA) is 44.8 Å². The molecule has 2 aromatic rings. The molecule has 0 fully saturated rings. The monoisotopic (exact) mass is 354 g/mol. The van der Waals surface area contributed by atoms with Gasteiger partial charge in [0, 0.05) is 0 Å². The Bertz CT molecular complexity index is 808. The van der Waals surface area contributed by atoms with Crippen molar-refractivity contribution in [3.05, 3.63) is 58.1 Å². The Balaban J connectivity index is 1.74. The lowest BCUT2D eigenvalue weighted by molar-refractivity contribution is 0.0470. The summed E-state index contributed by atoms with van der Waals surface area (Å²) in [5, 5.41) is 0. The number of esters is 1. The van der Waals surface area contributed by atoms with Crippen LogP contribution in [-0.4, -0.2) is 19.2 Å². The highest BCUT2D eigenvalue weighted by atomic mass is 16.6. The van der Waals surface area contributed by atoms with E-state index in [1.54, 1.807) is 18.2 Å². The SMILES string of the molecule is Cc1cc(C(C)(C)C)cc(C)c1COC(=O)c1ccc2c(c1)OCCO2. The van der Waals surface area contributed by atoms with E-state index in [-0.39, 0.29) is 18.0 Å². The van der Waals surface area contributed by atoms with Gasteiger partial charge in [-0.05, 0) is 59.7 Å². The average Bonchev–Trinajstić information content (AvgIpc) is 2.59. The fourth-order valence-corrected chi connectivity index (χ4v) is 3.05. The highest BCUT2D eigenvalue weighted by Gasteiger charge is 2.18. The molecule has 0 radical (unpaired) electrons. The lowest BCUT2D eigenvalue weighted by Crippen LogP contribution is -2.16. The minimum absolute atomic E-state index is 0.0932. The molecule has 0 N–H and O–H groups in total. The van der Waals surface area contributed by atoms with Crippen molar-refractivity contribution in [2.45, 2.75) is 46.6 Å². The van der Waals surface area contributed by atoms with E-state index in [1.807, 2.05) is 0 Å². The third kappa shape index (κ3) is 3.85.